The molecule has 5 nitrogen and oxygen atoms in total. The van der Waals surface area contributed by atoms with Gasteiger partial charge in [0, 0.05) is 6.04 Å². The molecule has 1 atom stereocenters. The molecule has 1 saturated heterocycles. The van der Waals surface area contributed by atoms with Crippen LogP contribution in [-0.4, -0.2) is 42.2 Å². The molecule has 0 radical (unpaired) electrons. The molecule has 116 valence electrons. The zero-order valence-electron chi connectivity index (χ0n) is 12.7. The summed E-state index contributed by atoms with van der Waals surface area (Å²) in [5.41, 5.74) is 7.77. The Bertz CT molecular complexity index is 496. The van der Waals surface area contributed by atoms with Gasteiger partial charge >= 0.3 is 5.97 Å². The van der Waals surface area contributed by atoms with E-state index in [1.54, 1.807) is 7.11 Å². The van der Waals surface area contributed by atoms with Crippen LogP contribution in [0.4, 0.5) is 5.69 Å². The van der Waals surface area contributed by atoms with Crippen molar-refractivity contribution in [2.24, 2.45) is 5.92 Å². The van der Waals surface area contributed by atoms with E-state index in [9.17, 15) is 4.79 Å². The first-order chi connectivity index (χ1) is 10.0. The Labute approximate surface area is 125 Å². The number of nitrogens with zero attached hydrogens (tertiary/aromatic N) is 1. The molecule has 0 bridgehead atoms. The fraction of sp³-hybridized carbons (Fsp3) is 0.562. The molecule has 1 fully saturated rings. The summed E-state index contributed by atoms with van der Waals surface area (Å²) >= 11 is 0. The Kier molecular flexibility index (Phi) is 5.07. The highest BCUT2D eigenvalue weighted by molar-refractivity contribution is 5.70. The van der Waals surface area contributed by atoms with E-state index < -0.39 is 5.97 Å². The van der Waals surface area contributed by atoms with Crippen molar-refractivity contribution >= 4 is 11.7 Å². The number of piperidine rings is 1. The molecule has 1 aliphatic rings. The molecule has 1 heterocycles. The second kappa shape index (κ2) is 6.80. The SMILES string of the molecule is COc1ccc(CC(C)N2CCC(C(=O)O)CC2)cc1N. The molecular weight excluding hydrogens is 268 g/mol. The maximum Gasteiger partial charge on any atom is 0.306 e. The molecule has 1 unspecified atom stereocenters. The second-order valence-corrected chi connectivity index (χ2v) is 5.78. The molecule has 21 heavy (non-hydrogen) atoms. The number of anilines is 1. The van der Waals surface area contributed by atoms with Gasteiger partial charge in [0.25, 0.3) is 0 Å². The Hall–Kier alpha value is -1.75. The van der Waals surface area contributed by atoms with E-state index in [2.05, 4.69) is 11.8 Å². The molecule has 5 heteroatoms. The number of ether oxygens (including phenoxy) is 1. The van der Waals surface area contributed by atoms with Crippen molar-refractivity contribution in [2.75, 3.05) is 25.9 Å². The molecule has 0 aromatic heterocycles. The Morgan fingerprint density at radius 3 is 2.67 bits per heavy atom. The lowest BCUT2D eigenvalue weighted by Crippen LogP contribution is -2.42. The molecule has 0 spiro atoms. The number of hydrogen-bond donors (Lipinski definition) is 2. The van der Waals surface area contributed by atoms with Crippen LogP contribution in [-0.2, 0) is 11.2 Å². The van der Waals surface area contributed by atoms with E-state index in [0.29, 0.717) is 17.5 Å². The monoisotopic (exact) mass is 292 g/mol. The number of aliphatic carboxylic acids is 1. The van der Waals surface area contributed by atoms with E-state index in [1.165, 1.54) is 5.56 Å². The van der Waals surface area contributed by atoms with E-state index in [1.807, 2.05) is 18.2 Å². The third-order valence-electron chi connectivity index (χ3n) is 4.33. The lowest BCUT2D eigenvalue weighted by Gasteiger charge is -2.34. The van der Waals surface area contributed by atoms with Crippen molar-refractivity contribution in [3.05, 3.63) is 23.8 Å². The summed E-state index contributed by atoms with van der Waals surface area (Å²) in [6.45, 7) is 3.88. The zero-order chi connectivity index (χ0) is 15.4. The molecule has 2 rings (SSSR count). The smallest absolute Gasteiger partial charge is 0.306 e. The molecular formula is C16H24N2O3. The van der Waals surface area contributed by atoms with Gasteiger partial charge in [0.05, 0.1) is 18.7 Å². The average molecular weight is 292 g/mol. The van der Waals surface area contributed by atoms with Gasteiger partial charge in [0.2, 0.25) is 0 Å². The Balaban J connectivity index is 1.91. The summed E-state index contributed by atoms with van der Waals surface area (Å²) in [7, 11) is 1.61. The summed E-state index contributed by atoms with van der Waals surface area (Å²) in [6, 6.07) is 6.27. The number of benzene rings is 1. The van der Waals surface area contributed by atoms with Gasteiger partial charge < -0.3 is 20.5 Å². The number of nitrogen functional groups attached to an aromatic ring is 1. The fourth-order valence-electron chi connectivity index (χ4n) is 2.97. The van der Waals surface area contributed by atoms with Gasteiger partial charge in [-0.05, 0) is 57.0 Å². The molecule has 3 N–H and O–H groups in total. The number of carboxylic acids is 1. The van der Waals surface area contributed by atoms with E-state index in [0.717, 1.165) is 32.4 Å². The first-order valence-electron chi connectivity index (χ1n) is 7.40. The summed E-state index contributed by atoms with van der Waals surface area (Å²) in [4.78, 5) is 13.3. The third kappa shape index (κ3) is 3.88. The maximum atomic E-state index is 11.0. The number of nitrogens with two attached hydrogens (primary N) is 1. The van der Waals surface area contributed by atoms with Gasteiger partial charge in [-0.15, -0.1) is 0 Å². The number of carboxylic acid groups (broad SMARTS) is 1. The molecule has 0 aliphatic carbocycles. The predicted octanol–water partition coefficient (Wildman–Crippen LogP) is 2.01. The van der Waals surface area contributed by atoms with Crippen LogP contribution in [0.15, 0.2) is 18.2 Å². The van der Waals surface area contributed by atoms with Crippen LogP contribution in [0, 0.1) is 5.92 Å². The van der Waals surface area contributed by atoms with Crippen molar-refractivity contribution in [1.29, 1.82) is 0 Å². The quantitative estimate of drug-likeness (QED) is 0.812. The Morgan fingerprint density at radius 2 is 2.14 bits per heavy atom. The van der Waals surface area contributed by atoms with E-state index >= 15 is 0 Å². The van der Waals surface area contributed by atoms with Crippen molar-refractivity contribution in [1.82, 2.24) is 4.90 Å². The van der Waals surface area contributed by atoms with Crippen molar-refractivity contribution < 1.29 is 14.6 Å². The fourth-order valence-corrected chi connectivity index (χ4v) is 2.97. The number of likely N-dealkylation sites (tertiary alicyclic amines) is 1. The zero-order valence-corrected chi connectivity index (χ0v) is 12.7. The van der Waals surface area contributed by atoms with Gasteiger partial charge in [-0.25, -0.2) is 0 Å². The minimum absolute atomic E-state index is 0.176. The summed E-state index contributed by atoms with van der Waals surface area (Å²) in [5.74, 6) is -0.135. The molecule has 1 aromatic rings. The largest absolute Gasteiger partial charge is 0.495 e. The van der Waals surface area contributed by atoms with Crippen LogP contribution in [0.3, 0.4) is 0 Å². The first-order valence-corrected chi connectivity index (χ1v) is 7.40. The predicted molar refractivity (Wildman–Crippen MR) is 82.5 cm³/mol. The lowest BCUT2D eigenvalue weighted by atomic mass is 9.95. The van der Waals surface area contributed by atoms with Gasteiger partial charge in [0.1, 0.15) is 5.75 Å². The van der Waals surface area contributed by atoms with Crippen LogP contribution < -0.4 is 10.5 Å². The molecule has 1 aliphatic heterocycles. The molecule has 0 saturated carbocycles. The van der Waals surface area contributed by atoms with Crippen molar-refractivity contribution in [3.63, 3.8) is 0 Å². The average Bonchev–Trinajstić information content (AvgIpc) is 2.47. The van der Waals surface area contributed by atoms with Crippen LogP contribution in [0.5, 0.6) is 5.75 Å². The summed E-state index contributed by atoms with van der Waals surface area (Å²) in [5, 5.41) is 9.03. The van der Waals surface area contributed by atoms with E-state index in [4.69, 9.17) is 15.6 Å². The van der Waals surface area contributed by atoms with Crippen LogP contribution in [0.25, 0.3) is 0 Å². The topological polar surface area (TPSA) is 75.8 Å². The highest BCUT2D eigenvalue weighted by Crippen LogP contribution is 2.24. The highest BCUT2D eigenvalue weighted by Gasteiger charge is 2.26. The third-order valence-corrected chi connectivity index (χ3v) is 4.33. The highest BCUT2D eigenvalue weighted by atomic mass is 16.5. The molecule has 0 amide bonds. The molecule has 1 aromatic carbocycles. The normalized spacial score (nSPS) is 18.4. The number of methoxy groups -OCH3 is 1. The van der Waals surface area contributed by atoms with Crippen molar-refractivity contribution in [2.45, 2.75) is 32.2 Å². The first kappa shape index (κ1) is 15.6. The second-order valence-electron chi connectivity index (χ2n) is 5.78. The standard InChI is InChI=1S/C16H24N2O3/c1-11(18-7-5-13(6-8-18)16(19)20)9-12-3-4-15(21-2)14(17)10-12/h3-4,10-11,13H,5-9,17H2,1-2H3,(H,19,20). The summed E-state index contributed by atoms with van der Waals surface area (Å²) < 4.78 is 5.16. The maximum absolute atomic E-state index is 11.0. The number of rotatable bonds is 5. The minimum Gasteiger partial charge on any atom is -0.495 e. The van der Waals surface area contributed by atoms with Gasteiger partial charge in [-0.3, -0.25) is 4.79 Å². The van der Waals surface area contributed by atoms with Gasteiger partial charge in [-0.1, -0.05) is 6.07 Å². The van der Waals surface area contributed by atoms with Crippen LogP contribution >= 0.6 is 0 Å². The van der Waals surface area contributed by atoms with Crippen molar-refractivity contribution in [3.8, 4) is 5.75 Å². The lowest BCUT2D eigenvalue weighted by molar-refractivity contribution is -0.143. The van der Waals surface area contributed by atoms with Crippen LogP contribution in [0.2, 0.25) is 0 Å². The Morgan fingerprint density at radius 1 is 1.48 bits per heavy atom. The minimum atomic E-state index is -0.662. The van der Waals surface area contributed by atoms with E-state index in [-0.39, 0.29) is 5.92 Å². The van der Waals surface area contributed by atoms with Crippen LogP contribution in [0.1, 0.15) is 25.3 Å². The van der Waals surface area contributed by atoms with Gasteiger partial charge in [0.15, 0.2) is 0 Å². The number of hydrogen-bond acceptors (Lipinski definition) is 4. The summed E-state index contributed by atoms with van der Waals surface area (Å²) in [6.07, 6.45) is 2.39. The number of carbonyl (C=O) groups is 1. The van der Waals surface area contributed by atoms with Gasteiger partial charge in [-0.2, -0.15) is 0 Å².